The Kier molecular flexibility index (Phi) is 4.76. The number of anilines is 1. The van der Waals surface area contributed by atoms with E-state index in [1.807, 2.05) is 0 Å². The molecule has 0 spiro atoms. The Hall–Kier alpha value is -0.0300. The van der Waals surface area contributed by atoms with E-state index in [0.717, 1.165) is 0 Å². The van der Waals surface area contributed by atoms with Crippen LogP contribution in [0.25, 0.3) is 0 Å². The molecule has 0 unspecified atom stereocenters. The summed E-state index contributed by atoms with van der Waals surface area (Å²) >= 11 is 1.35. The number of carbonyl (C=O) groups is 1. The van der Waals surface area contributed by atoms with Crippen LogP contribution in [-0.4, -0.2) is 35.5 Å². The molecule has 1 aromatic heterocycles. The van der Waals surface area contributed by atoms with E-state index in [1.54, 1.807) is 11.4 Å². The third kappa shape index (κ3) is 3.25. The molecule has 56 valence electrons. The topological polar surface area (TPSA) is 52.3 Å². The van der Waals surface area contributed by atoms with Crippen LogP contribution in [0.4, 0.5) is 5.00 Å². The Morgan fingerprint density at radius 3 is 2.73 bits per heavy atom. The van der Waals surface area contributed by atoms with Crippen LogP contribution in [0, 0.1) is 0 Å². The SMILES string of the molecule is CC(=O)Oc1ccsc1N.[NaH]. The molecular weight excluding hydrogens is 173 g/mol. The molecule has 3 nitrogen and oxygen atoms in total. The van der Waals surface area contributed by atoms with Crippen LogP contribution in [0.3, 0.4) is 0 Å². The van der Waals surface area contributed by atoms with Gasteiger partial charge >= 0.3 is 35.5 Å². The second kappa shape index (κ2) is 4.77. The van der Waals surface area contributed by atoms with Gasteiger partial charge in [-0.05, 0) is 11.4 Å². The molecule has 5 heteroatoms. The van der Waals surface area contributed by atoms with E-state index in [4.69, 9.17) is 10.5 Å². The Bertz CT molecular complexity index is 248. The summed E-state index contributed by atoms with van der Waals surface area (Å²) < 4.78 is 4.73. The zero-order chi connectivity index (χ0) is 7.56. The molecule has 1 rings (SSSR count). The van der Waals surface area contributed by atoms with Gasteiger partial charge in [-0.2, -0.15) is 0 Å². The molecular formula is C6H8NNaO2S. The number of nitrogen functional groups attached to an aromatic ring is 1. The molecule has 1 heterocycles. The summed E-state index contributed by atoms with van der Waals surface area (Å²) in [7, 11) is 0. The first kappa shape index (κ1) is 11.0. The molecule has 0 saturated carbocycles. The second-order valence-electron chi connectivity index (χ2n) is 1.74. The van der Waals surface area contributed by atoms with Gasteiger partial charge in [0.05, 0.1) is 0 Å². The van der Waals surface area contributed by atoms with E-state index < -0.39 is 0 Å². The fourth-order valence-electron chi connectivity index (χ4n) is 0.548. The van der Waals surface area contributed by atoms with Gasteiger partial charge in [-0.3, -0.25) is 4.79 Å². The first-order valence-corrected chi connectivity index (χ1v) is 3.59. The van der Waals surface area contributed by atoms with Crippen LogP contribution in [-0.2, 0) is 4.79 Å². The van der Waals surface area contributed by atoms with Crippen molar-refractivity contribution in [1.82, 2.24) is 0 Å². The summed E-state index contributed by atoms with van der Waals surface area (Å²) in [4.78, 5) is 10.4. The number of nitrogens with two attached hydrogens (primary N) is 1. The number of esters is 1. The van der Waals surface area contributed by atoms with Gasteiger partial charge < -0.3 is 10.5 Å². The van der Waals surface area contributed by atoms with E-state index in [1.165, 1.54) is 18.3 Å². The summed E-state index contributed by atoms with van der Waals surface area (Å²) in [5.41, 5.74) is 5.43. The van der Waals surface area contributed by atoms with Gasteiger partial charge in [-0.1, -0.05) is 0 Å². The van der Waals surface area contributed by atoms with E-state index in [9.17, 15) is 4.79 Å². The summed E-state index contributed by atoms with van der Waals surface area (Å²) in [5, 5.41) is 2.31. The summed E-state index contributed by atoms with van der Waals surface area (Å²) in [6.07, 6.45) is 0. The van der Waals surface area contributed by atoms with Crippen LogP contribution < -0.4 is 10.5 Å². The monoisotopic (exact) mass is 181 g/mol. The van der Waals surface area contributed by atoms with Crippen molar-refractivity contribution < 1.29 is 9.53 Å². The zero-order valence-corrected chi connectivity index (χ0v) is 6.27. The normalized spacial score (nSPS) is 8.45. The molecule has 0 fully saturated rings. The summed E-state index contributed by atoms with van der Waals surface area (Å²) in [5.74, 6) is 0.114. The number of thiophene rings is 1. The zero-order valence-electron chi connectivity index (χ0n) is 5.46. The van der Waals surface area contributed by atoms with Crippen molar-refractivity contribution in [3.05, 3.63) is 11.4 Å². The minimum atomic E-state index is -0.342. The predicted molar refractivity (Wildman–Crippen MR) is 47.2 cm³/mol. The van der Waals surface area contributed by atoms with Gasteiger partial charge in [-0.25, -0.2) is 0 Å². The van der Waals surface area contributed by atoms with Crippen molar-refractivity contribution >= 4 is 51.9 Å². The number of ether oxygens (including phenoxy) is 1. The van der Waals surface area contributed by atoms with Gasteiger partial charge in [0.2, 0.25) is 0 Å². The number of hydrogen-bond donors (Lipinski definition) is 1. The van der Waals surface area contributed by atoms with E-state index >= 15 is 0 Å². The van der Waals surface area contributed by atoms with Crippen LogP contribution in [0.1, 0.15) is 6.92 Å². The maximum atomic E-state index is 10.4. The van der Waals surface area contributed by atoms with E-state index in [2.05, 4.69) is 0 Å². The molecule has 0 bridgehead atoms. The number of carbonyl (C=O) groups excluding carboxylic acids is 1. The molecule has 0 saturated heterocycles. The number of rotatable bonds is 1. The third-order valence-corrected chi connectivity index (χ3v) is 1.64. The van der Waals surface area contributed by atoms with Crippen LogP contribution in [0.5, 0.6) is 5.75 Å². The van der Waals surface area contributed by atoms with Crippen molar-refractivity contribution in [1.29, 1.82) is 0 Å². The predicted octanol–water partition coefficient (Wildman–Crippen LogP) is 0.607. The molecule has 1 aromatic rings. The van der Waals surface area contributed by atoms with Crippen molar-refractivity contribution in [3.63, 3.8) is 0 Å². The Morgan fingerprint density at radius 2 is 2.36 bits per heavy atom. The standard InChI is InChI=1S/C6H7NO2S.Na.H/c1-4(8)9-5-2-3-10-6(5)7;;/h2-3H,7H2,1H3;;. The molecule has 2 N–H and O–H groups in total. The first-order valence-electron chi connectivity index (χ1n) is 2.71. The Morgan fingerprint density at radius 1 is 1.73 bits per heavy atom. The fraction of sp³-hybridized carbons (Fsp3) is 0.167. The van der Waals surface area contributed by atoms with E-state index in [-0.39, 0.29) is 35.5 Å². The quantitative estimate of drug-likeness (QED) is 0.510. The van der Waals surface area contributed by atoms with Gasteiger partial charge in [0.25, 0.3) is 0 Å². The van der Waals surface area contributed by atoms with Crippen LogP contribution in [0.15, 0.2) is 11.4 Å². The average Bonchev–Trinajstić information content (AvgIpc) is 2.15. The first-order chi connectivity index (χ1) is 4.70. The molecule has 11 heavy (non-hydrogen) atoms. The van der Waals surface area contributed by atoms with Crippen LogP contribution >= 0.6 is 11.3 Å². The van der Waals surface area contributed by atoms with Gasteiger partial charge in [-0.15, -0.1) is 11.3 Å². The summed E-state index contributed by atoms with van der Waals surface area (Å²) in [6, 6.07) is 1.67. The molecule has 0 aromatic carbocycles. The molecule has 0 aliphatic heterocycles. The van der Waals surface area contributed by atoms with Crippen molar-refractivity contribution in [2.45, 2.75) is 6.92 Å². The number of hydrogen-bond acceptors (Lipinski definition) is 4. The van der Waals surface area contributed by atoms with Gasteiger partial charge in [0, 0.05) is 6.92 Å². The molecule has 0 atom stereocenters. The van der Waals surface area contributed by atoms with E-state index in [0.29, 0.717) is 10.8 Å². The van der Waals surface area contributed by atoms with Gasteiger partial charge in [0.15, 0.2) is 5.75 Å². The Balaban J connectivity index is 0.000001000. The minimum absolute atomic E-state index is 0. The molecule has 0 amide bonds. The fourth-order valence-corrected chi connectivity index (χ4v) is 1.11. The van der Waals surface area contributed by atoms with Crippen molar-refractivity contribution in [3.8, 4) is 5.75 Å². The van der Waals surface area contributed by atoms with Crippen molar-refractivity contribution in [2.75, 3.05) is 5.73 Å². The summed E-state index contributed by atoms with van der Waals surface area (Å²) in [6.45, 7) is 1.34. The maximum absolute atomic E-state index is 10.4. The third-order valence-electron chi connectivity index (χ3n) is 0.911. The van der Waals surface area contributed by atoms with Crippen LogP contribution in [0.2, 0.25) is 0 Å². The second-order valence-corrected chi connectivity index (χ2v) is 2.69. The van der Waals surface area contributed by atoms with Gasteiger partial charge in [0.1, 0.15) is 5.00 Å². The molecule has 0 aliphatic carbocycles. The molecule has 0 radical (unpaired) electrons. The molecule has 0 aliphatic rings. The Labute approximate surface area is 90.8 Å². The average molecular weight is 181 g/mol. The van der Waals surface area contributed by atoms with Crippen molar-refractivity contribution in [2.24, 2.45) is 0 Å².